The van der Waals surface area contributed by atoms with Gasteiger partial charge < -0.3 is 9.47 Å². The molecule has 0 aromatic heterocycles. The smallest absolute Gasteiger partial charge is 0.260 e. The number of carbonyl (C=O) groups is 1. The van der Waals surface area contributed by atoms with E-state index in [0.29, 0.717) is 46.7 Å². The molecule has 2 aromatic carbocycles. The van der Waals surface area contributed by atoms with Gasteiger partial charge in [0.1, 0.15) is 19.8 Å². The molecule has 0 saturated carbocycles. The van der Waals surface area contributed by atoms with Gasteiger partial charge in [-0.15, -0.1) is 0 Å². The maximum Gasteiger partial charge on any atom is 0.260 e. The van der Waals surface area contributed by atoms with Gasteiger partial charge in [0.25, 0.3) is 5.91 Å². The molecule has 2 aromatic rings. The zero-order valence-corrected chi connectivity index (χ0v) is 18.4. The summed E-state index contributed by atoms with van der Waals surface area (Å²) in [6.07, 6.45) is 1.04. The first-order valence-electron chi connectivity index (χ1n) is 9.12. The number of halogens is 1. The van der Waals surface area contributed by atoms with E-state index in [1.54, 1.807) is 50.2 Å². The third kappa shape index (κ3) is 5.22. The lowest BCUT2D eigenvalue weighted by molar-refractivity contribution is -0.119. The van der Waals surface area contributed by atoms with Crippen molar-refractivity contribution in [2.75, 3.05) is 30.3 Å². The van der Waals surface area contributed by atoms with Gasteiger partial charge in [0.2, 0.25) is 10.0 Å². The predicted octanol–water partition coefficient (Wildman–Crippen LogP) is 2.73. The number of sulfonamides is 1. The van der Waals surface area contributed by atoms with Gasteiger partial charge in [0.15, 0.2) is 11.5 Å². The van der Waals surface area contributed by atoms with Crippen molar-refractivity contribution in [3.63, 3.8) is 0 Å². The first-order valence-corrected chi connectivity index (χ1v) is 11.3. The summed E-state index contributed by atoms with van der Waals surface area (Å²) in [5.74, 6) is 0.691. The monoisotopic (exact) mass is 451 g/mol. The molecule has 10 heteroatoms. The van der Waals surface area contributed by atoms with Crippen LogP contribution in [0.2, 0.25) is 5.02 Å². The number of aryl methyl sites for hydroxylation is 1. The van der Waals surface area contributed by atoms with Crippen LogP contribution in [-0.4, -0.2) is 46.1 Å². The zero-order chi connectivity index (χ0) is 21.9. The number of carbonyl (C=O) groups excluding carboxylic acids is 1. The molecule has 1 aliphatic heterocycles. The van der Waals surface area contributed by atoms with E-state index in [9.17, 15) is 13.2 Å². The molecule has 1 heterocycles. The average Bonchev–Trinajstić information content (AvgIpc) is 2.69. The van der Waals surface area contributed by atoms with E-state index < -0.39 is 22.5 Å². The number of ether oxygens (including phenoxy) is 2. The van der Waals surface area contributed by atoms with Gasteiger partial charge in [-0.2, -0.15) is 5.10 Å². The molecule has 1 amide bonds. The largest absolute Gasteiger partial charge is 0.486 e. The van der Waals surface area contributed by atoms with E-state index in [1.165, 1.54) is 0 Å². The average molecular weight is 452 g/mol. The quantitative estimate of drug-likeness (QED) is 0.538. The summed E-state index contributed by atoms with van der Waals surface area (Å²) in [4.78, 5) is 12.4. The molecule has 0 unspecified atom stereocenters. The van der Waals surface area contributed by atoms with E-state index in [4.69, 9.17) is 21.1 Å². The zero-order valence-electron chi connectivity index (χ0n) is 16.8. The highest BCUT2D eigenvalue weighted by atomic mass is 35.5. The molecule has 0 saturated heterocycles. The number of hydrogen-bond acceptors (Lipinski definition) is 6. The van der Waals surface area contributed by atoms with Crippen molar-refractivity contribution >= 4 is 38.9 Å². The van der Waals surface area contributed by atoms with Gasteiger partial charge in [-0.3, -0.25) is 9.10 Å². The Morgan fingerprint density at radius 3 is 2.53 bits per heavy atom. The van der Waals surface area contributed by atoms with Gasteiger partial charge in [-0.05, 0) is 55.8 Å². The minimum absolute atomic E-state index is 0.379. The van der Waals surface area contributed by atoms with E-state index in [2.05, 4.69) is 10.5 Å². The van der Waals surface area contributed by atoms with Crippen LogP contribution in [-0.2, 0) is 14.8 Å². The van der Waals surface area contributed by atoms with E-state index in [1.807, 2.05) is 0 Å². The third-order valence-corrected chi connectivity index (χ3v) is 5.78. The second-order valence-electron chi connectivity index (χ2n) is 6.79. The maximum absolute atomic E-state index is 12.4. The summed E-state index contributed by atoms with van der Waals surface area (Å²) < 4.78 is 36.6. The summed E-state index contributed by atoms with van der Waals surface area (Å²) in [6, 6.07) is 10.1. The fourth-order valence-electron chi connectivity index (χ4n) is 2.92. The van der Waals surface area contributed by atoms with Crippen molar-refractivity contribution < 1.29 is 22.7 Å². The standard InChI is InChI=1S/C20H22ClN3O5S/c1-13-10-16(21)5-6-17(13)24(30(3,26)27)12-20(25)23-22-14(2)15-4-7-18-19(11-15)29-9-8-28-18/h4-7,10-11H,8-9,12H2,1-3H3,(H,23,25)/b22-14-. The van der Waals surface area contributed by atoms with Crippen molar-refractivity contribution in [3.8, 4) is 11.5 Å². The van der Waals surface area contributed by atoms with Crippen LogP contribution in [0.15, 0.2) is 41.5 Å². The predicted molar refractivity (Wildman–Crippen MR) is 116 cm³/mol. The lowest BCUT2D eigenvalue weighted by Gasteiger charge is -2.23. The van der Waals surface area contributed by atoms with Gasteiger partial charge in [0, 0.05) is 10.6 Å². The Labute approximate surface area is 180 Å². The summed E-state index contributed by atoms with van der Waals surface area (Å²) in [5, 5.41) is 4.57. The minimum Gasteiger partial charge on any atom is -0.486 e. The van der Waals surface area contributed by atoms with Crippen molar-refractivity contribution in [1.82, 2.24) is 5.43 Å². The first-order chi connectivity index (χ1) is 14.1. The number of benzene rings is 2. The van der Waals surface area contributed by atoms with Crippen molar-refractivity contribution in [3.05, 3.63) is 52.5 Å². The van der Waals surface area contributed by atoms with Crippen molar-refractivity contribution in [2.45, 2.75) is 13.8 Å². The first kappa shape index (κ1) is 21.9. The number of anilines is 1. The summed E-state index contributed by atoms with van der Waals surface area (Å²) >= 11 is 5.95. The minimum atomic E-state index is -3.70. The Kier molecular flexibility index (Phi) is 6.52. The van der Waals surface area contributed by atoms with Crippen LogP contribution >= 0.6 is 11.6 Å². The molecule has 8 nitrogen and oxygen atoms in total. The number of rotatable bonds is 6. The van der Waals surface area contributed by atoms with Gasteiger partial charge >= 0.3 is 0 Å². The van der Waals surface area contributed by atoms with Crippen molar-refractivity contribution in [2.24, 2.45) is 5.10 Å². The number of amides is 1. The Bertz CT molecular complexity index is 1100. The van der Waals surface area contributed by atoms with Crippen molar-refractivity contribution in [1.29, 1.82) is 0 Å². The fourth-order valence-corrected chi connectivity index (χ4v) is 4.07. The Morgan fingerprint density at radius 1 is 1.17 bits per heavy atom. The van der Waals surface area contributed by atoms with Crippen LogP contribution in [0, 0.1) is 6.92 Å². The number of nitrogens with one attached hydrogen (secondary N) is 1. The Balaban J connectivity index is 1.74. The van der Waals surface area contributed by atoms with Gasteiger partial charge in [-0.1, -0.05) is 11.6 Å². The second kappa shape index (κ2) is 8.93. The molecule has 3 rings (SSSR count). The summed E-state index contributed by atoms with van der Waals surface area (Å²) in [7, 11) is -3.70. The van der Waals surface area contributed by atoms with Gasteiger partial charge in [0.05, 0.1) is 17.7 Å². The number of nitrogens with zero attached hydrogens (tertiary/aromatic N) is 2. The van der Waals surface area contributed by atoms with Crippen LogP contribution in [0.4, 0.5) is 5.69 Å². The third-order valence-electron chi connectivity index (χ3n) is 4.42. The van der Waals surface area contributed by atoms with E-state index in [-0.39, 0.29) is 0 Å². The molecule has 0 aliphatic carbocycles. The summed E-state index contributed by atoms with van der Waals surface area (Å²) in [5.41, 5.74) is 4.70. The number of hydrazone groups is 1. The van der Waals surface area contributed by atoms with Crippen LogP contribution in [0.5, 0.6) is 11.5 Å². The highest BCUT2D eigenvalue weighted by Gasteiger charge is 2.22. The lowest BCUT2D eigenvalue weighted by atomic mass is 10.1. The molecule has 1 N–H and O–H groups in total. The molecular weight excluding hydrogens is 430 g/mol. The second-order valence-corrected chi connectivity index (χ2v) is 9.13. The number of fused-ring (bicyclic) bond motifs is 1. The van der Waals surface area contributed by atoms with Gasteiger partial charge in [-0.25, -0.2) is 13.8 Å². The van der Waals surface area contributed by atoms with E-state index in [0.717, 1.165) is 16.1 Å². The normalized spacial score (nSPS) is 13.7. The Morgan fingerprint density at radius 2 is 1.87 bits per heavy atom. The molecule has 0 spiro atoms. The molecule has 1 aliphatic rings. The molecule has 160 valence electrons. The van der Waals surface area contributed by atoms with Crippen LogP contribution in [0.25, 0.3) is 0 Å². The highest BCUT2D eigenvalue weighted by molar-refractivity contribution is 7.92. The lowest BCUT2D eigenvalue weighted by Crippen LogP contribution is -2.39. The molecular formula is C20H22ClN3O5S. The number of hydrogen-bond donors (Lipinski definition) is 1. The maximum atomic E-state index is 12.4. The molecule has 0 fully saturated rings. The summed E-state index contributed by atoms with van der Waals surface area (Å²) in [6.45, 7) is 4.00. The van der Waals surface area contributed by atoms with Crippen LogP contribution < -0.4 is 19.2 Å². The van der Waals surface area contributed by atoms with E-state index >= 15 is 0 Å². The molecule has 0 atom stereocenters. The molecule has 0 radical (unpaired) electrons. The van der Waals surface area contributed by atoms with Crippen LogP contribution in [0.1, 0.15) is 18.1 Å². The Hall–Kier alpha value is -2.78. The highest BCUT2D eigenvalue weighted by Crippen LogP contribution is 2.31. The SMILES string of the molecule is C/C(=N/NC(=O)CN(c1ccc(Cl)cc1C)S(C)(=O)=O)c1ccc2c(c1)OCCO2. The fraction of sp³-hybridized carbons (Fsp3) is 0.300. The molecule has 30 heavy (non-hydrogen) atoms. The molecule has 0 bridgehead atoms. The van der Waals surface area contributed by atoms with Crippen LogP contribution in [0.3, 0.4) is 0 Å². The topological polar surface area (TPSA) is 97.3 Å².